The molecule has 2 amide bonds. The number of rotatable bonds is 6. The number of hydrogen-bond donors (Lipinski definition) is 1. The van der Waals surface area contributed by atoms with Crippen LogP contribution in [0.2, 0.25) is 0 Å². The second kappa shape index (κ2) is 7.51. The largest absolute Gasteiger partial charge is 0.383 e. The van der Waals surface area contributed by atoms with E-state index in [-0.39, 0.29) is 18.6 Å². The molecule has 22 heavy (non-hydrogen) atoms. The SMILES string of the molecule is COCC(C)NC(=O)N(C)Cc1nc(-c2ccncc2)no1. The summed E-state index contributed by atoms with van der Waals surface area (Å²) in [4.78, 5) is 21.6. The minimum Gasteiger partial charge on any atom is -0.383 e. The number of nitrogens with zero attached hydrogens (tertiary/aromatic N) is 4. The van der Waals surface area contributed by atoms with Crippen molar-refractivity contribution < 1.29 is 14.1 Å². The Labute approximate surface area is 128 Å². The van der Waals surface area contributed by atoms with Gasteiger partial charge in [-0.05, 0) is 19.1 Å². The van der Waals surface area contributed by atoms with Crippen LogP contribution in [0, 0.1) is 0 Å². The third-order valence-electron chi connectivity index (χ3n) is 2.91. The number of ether oxygens (including phenoxy) is 1. The van der Waals surface area contributed by atoms with Gasteiger partial charge in [-0.3, -0.25) is 4.98 Å². The fourth-order valence-corrected chi connectivity index (χ4v) is 1.82. The number of carbonyl (C=O) groups is 1. The number of nitrogens with one attached hydrogen (secondary N) is 1. The molecule has 0 aliphatic carbocycles. The molecule has 0 saturated heterocycles. The molecule has 0 radical (unpaired) electrons. The molecule has 1 N–H and O–H groups in total. The molecule has 2 aromatic rings. The molecule has 0 aliphatic heterocycles. The fraction of sp³-hybridized carbons (Fsp3) is 0.429. The van der Waals surface area contributed by atoms with Gasteiger partial charge in [-0.1, -0.05) is 5.16 Å². The Morgan fingerprint density at radius 2 is 2.18 bits per heavy atom. The Kier molecular flexibility index (Phi) is 5.42. The lowest BCUT2D eigenvalue weighted by molar-refractivity contribution is 0.160. The van der Waals surface area contributed by atoms with E-state index in [1.54, 1.807) is 38.7 Å². The van der Waals surface area contributed by atoms with Gasteiger partial charge in [-0.25, -0.2) is 4.79 Å². The van der Waals surface area contributed by atoms with Gasteiger partial charge in [0.05, 0.1) is 12.6 Å². The first-order valence-electron chi connectivity index (χ1n) is 6.83. The summed E-state index contributed by atoms with van der Waals surface area (Å²) in [5.74, 6) is 0.836. The molecule has 1 unspecified atom stereocenters. The van der Waals surface area contributed by atoms with Gasteiger partial charge < -0.3 is 19.5 Å². The average Bonchev–Trinajstić information content (AvgIpc) is 2.96. The monoisotopic (exact) mass is 305 g/mol. The third kappa shape index (κ3) is 4.26. The quantitative estimate of drug-likeness (QED) is 0.865. The van der Waals surface area contributed by atoms with Crippen LogP contribution in [-0.4, -0.2) is 52.9 Å². The van der Waals surface area contributed by atoms with Crippen LogP contribution in [0.3, 0.4) is 0 Å². The fourth-order valence-electron chi connectivity index (χ4n) is 1.82. The molecule has 0 saturated carbocycles. The lowest BCUT2D eigenvalue weighted by atomic mass is 10.2. The van der Waals surface area contributed by atoms with Crippen molar-refractivity contribution in [3.8, 4) is 11.4 Å². The summed E-state index contributed by atoms with van der Waals surface area (Å²) in [6.07, 6.45) is 3.31. The normalized spacial score (nSPS) is 12.0. The first-order chi connectivity index (χ1) is 10.6. The Morgan fingerprint density at radius 3 is 2.86 bits per heavy atom. The van der Waals surface area contributed by atoms with E-state index in [2.05, 4.69) is 20.4 Å². The van der Waals surface area contributed by atoms with Crippen LogP contribution in [0.4, 0.5) is 4.79 Å². The van der Waals surface area contributed by atoms with Crippen LogP contribution >= 0.6 is 0 Å². The summed E-state index contributed by atoms with van der Waals surface area (Å²) in [5.41, 5.74) is 0.811. The van der Waals surface area contributed by atoms with E-state index in [1.807, 2.05) is 6.92 Å². The second-order valence-electron chi connectivity index (χ2n) is 4.91. The van der Waals surface area contributed by atoms with Crippen LogP contribution in [0.5, 0.6) is 0 Å². The van der Waals surface area contributed by atoms with Crippen LogP contribution in [-0.2, 0) is 11.3 Å². The number of pyridine rings is 1. The van der Waals surface area contributed by atoms with Crippen molar-refractivity contribution in [2.45, 2.75) is 19.5 Å². The second-order valence-corrected chi connectivity index (χ2v) is 4.91. The van der Waals surface area contributed by atoms with Gasteiger partial charge >= 0.3 is 6.03 Å². The maximum absolute atomic E-state index is 12.0. The minimum atomic E-state index is -0.229. The molecule has 0 aromatic carbocycles. The van der Waals surface area contributed by atoms with Gasteiger partial charge in [-0.2, -0.15) is 4.98 Å². The summed E-state index contributed by atoms with van der Waals surface area (Å²) in [6, 6.07) is 3.28. The van der Waals surface area contributed by atoms with Crippen molar-refractivity contribution in [2.75, 3.05) is 20.8 Å². The number of amides is 2. The molecule has 0 spiro atoms. The Balaban J connectivity index is 1.93. The van der Waals surface area contributed by atoms with Crippen LogP contribution in [0.25, 0.3) is 11.4 Å². The van der Waals surface area contributed by atoms with Crippen LogP contribution < -0.4 is 5.32 Å². The average molecular weight is 305 g/mol. The van der Waals surface area contributed by atoms with Crippen LogP contribution in [0.1, 0.15) is 12.8 Å². The number of methoxy groups -OCH3 is 1. The van der Waals surface area contributed by atoms with Crippen molar-refractivity contribution in [3.05, 3.63) is 30.4 Å². The molecule has 8 nitrogen and oxygen atoms in total. The van der Waals surface area contributed by atoms with Gasteiger partial charge in [0.1, 0.15) is 6.54 Å². The molecular weight excluding hydrogens is 286 g/mol. The molecule has 118 valence electrons. The third-order valence-corrected chi connectivity index (χ3v) is 2.91. The van der Waals surface area contributed by atoms with Crippen molar-refractivity contribution >= 4 is 6.03 Å². The number of urea groups is 1. The van der Waals surface area contributed by atoms with Gasteiger partial charge in [-0.15, -0.1) is 0 Å². The van der Waals surface area contributed by atoms with E-state index in [4.69, 9.17) is 9.26 Å². The highest BCUT2D eigenvalue weighted by Gasteiger charge is 2.16. The maximum atomic E-state index is 12.0. The molecular formula is C14H19N5O3. The molecule has 0 aliphatic rings. The van der Waals surface area contributed by atoms with Gasteiger partial charge in [0.15, 0.2) is 0 Å². The van der Waals surface area contributed by atoms with Crippen LogP contribution in [0.15, 0.2) is 29.0 Å². The predicted molar refractivity (Wildman–Crippen MR) is 78.9 cm³/mol. The molecule has 1 atom stereocenters. The Morgan fingerprint density at radius 1 is 1.45 bits per heavy atom. The predicted octanol–water partition coefficient (Wildman–Crippen LogP) is 1.31. The lowest BCUT2D eigenvalue weighted by Gasteiger charge is -2.19. The van der Waals surface area contributed by atoms with Gasteiger partial charge in [0.25, 0.3) is 0 Å². The molecule has 0 bridgehead atoms. The minimum absolute atomic E-state index is 0.0741. The summed E-state index contributed by atoms with van der Waals surface area (Å²) in [7, 11) is 3.25. The first kappa shape index (κ1) is 15.9. The van der Waals surface area contributed by atoms with Crippen molar-refractivity contribution in [1.82, 2.24) is 25.3 Å². The van der Waals surface area contributed by atoms with E-state index in [1.165, 1.54) is 4.90 Å². The van der Waals surface area contributed by atoms with Crippen molar-refractivity contribution in [1.29, 1.82) is 0 Å². The smallest absolute Gasteiger partial charge is 0.317 e. The number of aromatic nitrogens is 3. The van der Waals surface area contributed by atoms with Crippen molar-refractivity contribution in [2.24, 2.45) is 0 Å². The zero-order valence-electron chi connectivity index (χ0n) is 12.8. The molecule has 2 heterocycles. The zero-order valence-corrected chi connectivity index (χ0v) is 12.8. The Bertz CT molecular complexity index is 602. The van der Waals surface area contributed by atoms with E-state index in [0.717, 1.165) is 5.56 Å². The summed E-state index contributed by atoms with van der Waals surface area (Å²) in [6.45, 7) is 2.54. The Hall–Kier alpha value is -2.48. The molecule has 2 rings (SSSR count). The highest BCUT2D eigenvalue weighted by molar-refractivity contribution is 5.74. The summed E-state index contributed by atoms with van der Waals surface area (Å²) in [5, 5.41) is 6.70. The number of hydrogen-bond acceptors (Lipinski definition) is 6. The highest BCUT2D eigenvalue weighted by Crippen LogP contribution is 2.14. The number of carbonyl (C=O) groups excluding carboxylic acids is 1. The lowest BCUT2D eigenvalue weighted by Crippen LogP contribution is -2.43. The van der Waals surface area contributed by atoms with E-state index >= 15 is 0 Å². The molecule has 2 aromatic heterocycles. The van der Waals surface area contributed by atoms with Gasteiger partial charge in [0.2, 0.25) is 11.7 Å². The highest BCUT2D eigenvalue weighted by atomic mass is 16.5. The van der Waals surface area contributed by atoms with E-state index in [0.29, 0.717) is 18.3 Å². The topological polar surface area (TPSA) is 93.4 Å². The summed E-state index contributed by atoms with van der Waals surface area (Å²) >= 11 is 0. The van der Waals surface area contributed by atoms with E-state index in [9.17, 15) is 4.79 Å². The summed E-state index contributed by atoms with van der Waals surface area (Å²) < 4.78 is 10.1. The maximum Gasteiger partial charge on any atom is 0.317 e. The van der Waals surface area contributed by atoms with Gasteiger partial charge in [0, 0.05) is 32.1 Å². The molecule has 8 heteroatoms. The first-order valence-corrected chi connectivity index (χ1v) is 6.83. The van der Waals surface area contributed by atoms with E-state index < -0.39 is 0 Å². The van der Waals surface area contributed by atoms with Crippen molar-refractivity contribution in [3.63, 3.8) is 0 Å². The molecule has 0 fully saturated rings. The standard InChI is InChI=1S/C14H19N5O3/c1-10(9-21-3)16-14(20)19(2)8-12-17-13(18-22-12)11-4-6-15-7-5-11/h4-7,10H,8-9H2,1-3H3,(H,16,20). The zero-order chi connectivity index (χ0) is 15.9.